The molecule has 6 rings (SSSR count). The minimum Gasteiger partial charge on any atom is -0.462 e. The number of aliphatic hydroxyl groups is 2. The lowest BCUT2D eigenvalue weighted by molar-refractivity contribution is -0.156. The Morgan fingerprint density at radius 3 is 1.17 bits per heavy atom. The summed E-state index contributed by atoms with van der Waals surface area (Å²) in [4.78, 5) is 117. The molecule has 0 aliphatic carbocycles. The van der Waals surface area contributed by atoms with Gasteiger partial charge in [-0.15, -0.1) is 0 Å². The summed E-state index contributed by atoms with van der Waals surface area (Å²) in [7, 11) is 0. The molecule has 6 aliphatic rings. The van der Waals surface area contributed by atoms with Gasteiger partial charge in [0.1, 0.15) is 18.3 Å². The molecule has 21 heteroatoms. The lowest BCUT2D eigenvalue weighted by Crippen LogP contribution is -2.38. The Kier molecular flexibility index (Phi) is 36.7. The summed E-state index contributed by atoms with van der Waals surface area (Å²) in [5, 5.41) is 18.0. The largest absolute Gasteiger partial charge is 0.462 e. The van der Waals surface area contributed by atoms with Gasteiger partial charge >= 0.3 is 23.9 Å². The second-order valence-electron chi connectivity index (χ2n) is 18.6. The van der Waals surface area contributed by atoms with Crippen molar-refractivity contribution in [1.82, 2.24) is 29.4 Å². The zero-order valence-corrected chi connectivity index (χ0v) is 47.2. The van der Waals surface area contributed by atoms with E-state index >= 15 is 0 Å². The molecule has 0 aromatic heterocycles. The molecule has 2 N–H and O–H groups in total. The maximum absolute atomic E-state index is 11.9. The van der Waals surface area contributed by atoms with Crippen LogP contribution in [0.2, 0.25) is 0 Å². The smallest absolute Gasteiger partial charge is 0.310 e. The molecule has 21 nitrogen and oxygen atoms in total. The first kappa shape index (κ1) is 71.6. The summed E-state index contributed by atoms with van der Waals surface area (Å²) in [6.07, 6.45) is 13.9. The maximum atomic E-state index is 11.9. The van der Waals surface area contributed by atoms with Crippen LogP contribution in [0.3, 0.4) is 0 Å². The number of carbonyl (C=O) groups excluding carboxylic acids is 10. The molecular weight excluding hydrogens is 985 g/mol. The number of likely N-dealkylation sites (tertiary alicyclic amines) is 6. The first-order valence-corrected chi connectivity index (χ1v) is 25.9. The Morgan fingerprint density at radius 1 is 0.539 bits per heavy atom. The van der Waals surface area contributed by atoms with Gasteiger partial charge in [-0.1, -0.05) is 67.5 Å². The number of ether oxygens (including phenoxy) is 3. The average Bonchev–Trinajstić information content (AvgIpc) is 4.23. The molecule has 0 saturated carbocycles. The quantitative estimate of drug-likeness (QED) is 0.104. The molecule has 0 aromatic rings. The summed E-state index contributed by atoms with van der Waals surface area (Å²) >= 11 is 0. The van der Waals surface area contributed by atoms with Crippen LogP contribution >= 0.6 is 0 Å². The van der Waals surface area contributed by atoms with E-state index in [0.717, 1.165) is 83.9 Å². The number of carbonyl (C=O) groups is 10. The van der Waals surface area contributed by atoms with Gasteiger partial charge in [0, 0.05) is 116 Å². The Bertz CT molecular complexity index is 1870. The minimum absolute atomic E-state index is 0.0776. The fourth-order valence-corrected chi connectivity index (χ4v) is 7.78. The third-order valence-corrected chi connectivity index (χ3v) is 12.5. The van der Waals surface area contributed by atoms with E-state index in [1.807, 2.05) is 53.4 Å². The lowest BCUT2D eigenvalue weighted by atomic mass is 10.1. The number of esters is 4. The summed E-state index contributed by atoms with van der Waals surface area (Å²) < 4.78 is 13.4. The van der Waals surface area contributed by atoms with Gasteiger partial charge in [0.15, 0.2) is 0 Å². The van der Waals surface area contributed by atoms with Gasteiger partial charge in [-0.3, -0.25) is 47.9 Å². The molecule has 0 aromatic carbocycles. The van der Waals surface area contributed by atoms with Crippen molar-refractivity contribution in [3.8, 4) is 0 Å². The number of hydrogen-bond donors (Lipinski definition) is 2. The fourth-order valence-electron chi connectivity index (χ4n) is 7.78. The Morgan fingerprint density at radius 2 is 0.947 bits per heavy atom. The number of rotatable bonds is 12. The highest BCUT2D eigenvalue weighted by Gasteiger charge is 2.34. The number of amides is 6. The normalized spacial score (nSPS) is 22.2. The summed E-state index contributed by atoms with van der Waals surface area (Å²) in [5.74, 6) is -0.595. The average molecular weight is 1080 g/mol. The van der Waals surface area contributed by atoms with E-state index in [-0.39, 0.29) is 83.3 Å². The van der Waals surface area contributed by atoms with Crippen molar-refractivity contribution in [2.45, 2.75) is 171 Å². The van der Waals surface area contributed by atoms with Gasteiger partial charge in [-0.05, 0) is 83.6 Å². The third kappa shape index (κ3) is 27.9. The monoisotopic (exact) mass is 1070 g/mol. The van der Waals surface area contributed by atoms with Crippen LogP contribution in [0, 0.1) is 17.8 Å². The van der Waals surface area contributed by atoms with Crippen LogP contribution in [0.1, 0.15) is 140 Å². The Labute approximate surface area is 451 Å². The van der Waals surface area contributed by atoms with E-state index in [1.54, 1.807) is 38.2 Å². The van der Waals surface area contributed by atoms with Crippen LogP contribution in [0.5, 0.6) is 0 Å². The van der Waals surface area contributed by atoms with Crippen molar-refractivity contribution >= 4 is 59.3 Å². The predicted molar refractivity (Wildman–Crippen MR) is 287 cm³/mol. The molecule has 8 unspecified atom stereocenters. The van der Waals surface area contributed by atoms with E-state index in [1.165, 1.54) is 38.8 Å². The van der Waals surface area contributed by atoms with E-state index < -0.39 is 24.1 Å². The van der Waals surface area contributed by atoms with Crippen LogP contribution in [-0.2, 0) is 62.2 Å². The molecule has 6 aliphatic heterocycles. The van der Waals surface area contributed by atoms with Crippen LogP contribution in [-0.4, -0.2) is 169 Å². The van der Waals surface area contributed by atoms with Crippen molar-refractivity contribution in [3.05, 3.63) is 64.0 Å². The molecular formula is C55H90N6O15. The molecule has 6 heterocycles. The van der Waals surface area contributed by atoms with Gasteiger partial charge in [-0.25, -0.2) is 0 Å². The molecule has 0 radical (unpaired) electrons. The molecule has 6 saturated heterocycles. The second-order valence-corrected chi connectivity index (χ2v) is 18.6. The summed E-state index contributed by atoms with van der Waals surface area (Å²) in [6.45, 7) is 40.9. The van der Waals surface area contributed by atoms with Gasteiger partial charge < -0.3 is 53.8 Å². The van der Waals surface area contributed by atoms with Gasteiger partial charge in [-0.2, -0.15) is 0 Å². The van der Waals surface area contributed by atoms with Crippen molar-refractivity contribution in [2.24, 2.45) is 17.8 Å². The van der Waals surface area contributed by atoms with Gasteiger partial charge in [0.2, 0.25) is 23.6 Å². The first-order chi connectivity index (χ1) is 35.6. The summed E-state index contributed by atoms with van der Waals surface area (Å²) in [5.41, 5.74) is 0. The molecule has 6 amide bonds. The van der Waals surface area contributed by atoms with Crippen molar-refractivity contribution in [3.63, 3.8) is 0 Å². The maximum Gasteiger partial charge on any atom is 0.310 e. The molecule has 76 heavy (non-hydrogen) atoms. The highest BCUT2D eigenvalue weighted by atomic mass is 16.6. The molecule has 0 spiro atoms. The minimum atomic E-state index is -0.789. The van der Waals surface area contributed by atoms with E-state index in [0.29, 0.717) is 25.8 Å². The highest BCUT2D eigenvalue weighted by Crippen LogP contribution is 2.23. The Hall–Kier alpha value is -6.48. The number of nitrogens with zero attached hydrogens (tertiary/aromatic N) is 6. The number of aliphatic hydroxyl groups excluding tert-OH is 2. The zero-order valence-electron chi connectivity index (χ0n) is 47.2. The second kappa shape index (κ2) is 39.0. The van der Waals surface area contributed by atoms with E-state index in [2.05, 4.69) is 42.4 Å². The SMILES string of the molecule is C=CN1CCC(C)C1=O.C=CN1CCC(C)C1=O.C=CN1CCC(O)C1=O.C=CN1CCCC1=O.C=COC(C)=O.CC(=O)OC(C)=O.CCC(C)N1CCC(O)C1=O.CCC(CC(C)N1CCC(C)C1=O)OC(C)=O. The fraction of sp³-hybridized carbons (Fsp3) is 0.636. The van der Waals surface area contributed by atoms with Crippen molar-refractivity contribution in [2.75, 3.05) is 39.3 Å². The van der Waals surface area contributed by atoms with Gasteiger partial charge in [0.25, 0.3) is 11.8 Å². The lowest BCUT2D eigenvalue weighted by Gasteiger charge is -2.27. The molecule has 430 valence electrons. The van der Waals surface area contributed by atoms with Crippen LogP contribution < -0.4 is 0 Å². The first-order valence-electron chi connectivity index (χ1n) is 25.9. The standard InChI is InChI=1S/C13H23NO3.C8H15NO2.2C7H11NO.C6H9NO2.C6H9NO.C4H6O3.C4H6O2/c1-5-12(17-11(4)15)8-10(3)14-7-6-9(2)13(14)16;1-3-6(2)9-5-4-7(10)8(9)11;2*1-3-8-5-4-6(2)7(8)9;1-2-7-4-3-5(8)6(7)9;1-2-7-5-3-4-6(7)8;1-3(5)7-4(2)6;1-3-6-4(2)5/h9-10,12H,5-8H2,1-4H3;6-7,10H,3-5H2,1-2H3;2*3,6H,1,4-5H2,2H3;2,5,8H,1,3-4H2;2H,1,3-5H2;1-2H3;3H,1H2,2H3. The zero-order chi connectivity index (χ0) is 58.8. The number of hydrogen-bond acceptors (Lipinski definition) is 15. The molecule has 0 bridgehead atoms. The van der Waals surface area contributed by atoms with Crippen molar-refractivity contribution in [1.29, 1.82) is 0 Å². The van der Waals surface area contributed by atoms with Crippen molar-refractivity contribution < 1.29 is 72.4 Å². The molecule has 6 fully saturated rings. The molecule has 8 atom stereocenters. The van der Waals surface area contributed by atoms with Crippen LogP contribution in [0.4, 0.5) is 0 Å². The van der Waals surface area contributed by atoms with Crippen LogP contribution in [0.25, 0.3) is 0 Å². The third-order valence-electron chi connectivity index (χ3n) is 12.5. The summed E-state index contributed by atoms with van der Waals surface area (Å²) in [6, 6.07) is 0.427. The van der Waals surface area contributed by atoms with E-state index in [4.69, 9.17) is 14.9 Å². The van der Waals surface area contributed by atoms with Crippen LogP contribution in [0.15, 0.2) is 64.0 Å². The Balaban J connectivity index is 0. The highest BCUT2D eigenvalue weighted by molar-refractivity contribution is 5.84. The van der Waals surface area contributed by atoms with Gasteiger partial charge in [0.05, 0.1) is 6.26 Å². The topological polar surface area (TPSA) is 258 Å². The predicted octanol–water partition coefficient (Wildman–Crippen LogP) is 5.61. The van der Waals surface area contributed by atoms with E-state index in [9.17, 15) is 47.9 Å².